The second-order valence-electron chi connectivity index (χ2n) is 12.3. The van der Waals surface area contributed by atoms with Crippen molar-refractivity contribution in [3.05, 3.63) is 117 Å². The van der Waals surface area contributed by atoms with Gasteiger partial charge in [0.1, 0.15) is 35.6 Å². The van der Waals surface area contributed by atoms with E-state index in [1.54, 1.807) is 43.8 Å². The molecule has 0 radical (unpaired) electrons. The molecule has 0 aliphatic carbocycles. The molecule has 1 fully saturated rings. The number of esters is 1. The molecule has 1 aliphatic heterocycles. The first kappa shape index (κ1) is 33.1. The van der Waals surface area contributed by atoms with Gasteiger partial charge in [0.2, 0.25) is 6.33 Å². The zero-order chi connectivity index (χ0) is 34.0. The Morgan fingerprint density at radius 1 is 1.21 bits per heavy atom. The Hall–Kier alpha value is -4.83. The minimum Gasteiger partial charge on any atom is -0.425 e. The molecule has 1 aliphatic rings. The summed E-state index contributed by atoms with van der Waals surface area (Å²) in [5.74, 6) is -1.90. The van der Waals surface area contributed by atoms with E-state index in [-0.39, 0.29) is 24.1 Å². The topological polar surface area (TPSA) is 117 Å². The Labute approximate surface area is 281 Å². The minimum absolute atomic E-state index is 0.185. The van der Waals surface area contributed by atoms with Gasteiger partial charge in [0.05, 0.1) is 28.9 Å². The van der Waals surface area contributed by atoms with Crippen LogP contribution in [0.4, 0.5) is 8.78 Å². The Kier molecular flexibility index (Phi) is 9.46. The van der Waals surface area contributed by atoms with Crippen molar-refractivity contribution >= 4 is 17.3 Å². The number of thiazole rings is 1. The van der Waals surface area contributed by atoms with Crippen LogP contribution in [0.25, 0.3) is 11.3 Å². The highest BCUT2D eigenvalue weighted by atomic mass is 32.1. The first-order valence-electron chi connectivity index (χ1n) is 15.6. The fourth-order valence-corrected chi connectivity index (χ4v) is 7.13. The molecule has 246 valence electrons. The number of hydrogen-bond acceptors (Lipinski definition) is 8. The molecule has 9 nitrogen and oxygen atoms in total. The van der Waals surface area contributed by atoms with Crippen molar-refractivity contribution in [3.63, 3.8) is 0 Å². The molecule has 48 heavy (non-hydrogen) atoms. The zero-order valence-corrected chi connectivity index (χ0v) is 27.6. The normalized spacial score (nSPS) is 16.3. The Morgan fingerprint density at radius 3 is 2.65 bits per heavy atom. The maximum absolute atomic E-state index is 15.3. The van der Waals surface area contributed by atoms with E-state index in [9.17, 15) is 14.3 Å². The van der Waals surface area contributed by atoms with Crippen molar-refractivity contribution in [2.45, 2.75) is 64.3 Å². The minimum atomic E-state index is -1.93. The van der Waals surface area contributed by atoms with Gasteiger partial charge in [-0.25, -0.2) is 23.1 Å². The van der Waals surface area contributed by atoms with Crippen molar-refractivity contribution in [1.82, 2.24) is 20.1 Å². The van der Waals surface area contributed by atoms with Gasteiger partial charge in [0, 0.05) is 27.5 Å². The molecule has 5 aromatic rings. The van der Waals surface area contributed by atoms with E-state index in [1.807, 2.05) is 35.9 Å². The number of aryl methyl sites for hydroxylation is 2. The van der Waals surface area contributed by atoms with Crippen LogP contribution in [0.15, 0.2) is 72.6 Å². The number of hydrogen-bond donors (Lipinski definition) is 2. The lowest BCUT2D eigenvalue weighted by molar-refractivity contribution is -0.689. The van der Waals surface area contributed by atoms with E-state index < -0.39 is 23.2 Å². The number of nitrogens with one attached hydrogen (secondary N) is 1. The Morgan fingerprint density at radius 2 is 1.96 bits per heavy atom. The molecule has 0 unspecified atom stereocenters. The number of carbonyl (C=O) groups is 1. The SMILES string of the molecule is Cc1cc(C[n+]2cnn(C[C@](O)(c3cc(F)ccc3F)[C@@H](C)c3nc(-c4ccc(C#N)cc4)cs3)c2)cc(C)c1OC(=O)[C@@H]1CCCN1. The van der Waals surface area contributed by atoms with Crippen LogP contribution in [-0.2, 0) is 23.5 Å². The summed E-state index contributed by atoms with van der Waals surface area (Å²) < 4.78 is 38.9. The quantitative estimate of drug-likeness (QED) is 0.115. The van der Waals surface area contributed by atoms with E-state index in [1.165, 1.54) is 16.0 Å². The van der Waals surface area contributed by atoms with Gasteiger partial charge in [-0.05, 0) is 92.4 Å². The van der Waals surface area contributed by atoms with E-state index >= 15 is 4.39 Å². The summed E-state index contributed by atoms with van der Waals surface area (Å²) in [6.45, 7) is 6.58. The zero-order valence-electron chi connectivity index (χ0n) is 26.8. The first-order valence-corrected chi connectivity index (χ1v) is 16.5. The fourth-order valence-electron chi connectivity index (χ4n) is 6.16. The summed E-state index contributed by atoms with van der Waals surface area (Å²) in [4.78, 5) is 17.3. The highest BCUT2D eigenvalue weighted by Crippen LogP contribution is 2.41. The number of benzene rings is 3. The predicted octanol–water partition coefficient (Wildman–Crippen LogP) is 5.46. The van der Waals surface area contributed by atoms with Crippen molar-refractivity contribution in [1.29, 1.82) is 5.26 Å². The lowest BCUT2D eigenvalue weighted by Gasteiger charge is -2.32. The maximum atomic E-state index is 15.3. The summed E-state index contributed by atoms with van der Waals surface area (Å²) >= 11 is 1.30. The standard InChI is InChI=1S/C36H35F2N6O3S/c1-22-13-26(14-23(2)33(22)47-35(45)31-5-4-12-40-31)17-43-20-41-44(21-43)19-36(46,29-15-28(37)10-11-30(29)38)24(3)34-42-32(18-48-34)27-8-6-25(16-39)7-9-27/h6-11,13-15,18,20-21,24,31,40,46H,4-5,12,17,19H2,1-3H3/q+1/t24-,31-,36+/m0/s1. The molecular formula is C36H35F2N6O3S+. The molecule has 2 N–H and O–H groups in total. The summed E-state index contributed by atoms with van der Waals surface area (Å²) in [6, 6.07) is 15.7. The van der Waals surface area contributed by atoms with Crippen molar-refractivity contribution in [3.8, 4) is 23.1 Å². The van der Waals surface area contributed by atoms with Gasteiger partial charge in [-0.15, -0.1) is 16.0 Å². The number of nitriles is 1. The van der Waals surface area contributed by atoms with Crippen molar-refractivity contribution in [2.24, 2.45) is 0 Å². The molecule has 3 aromatic carbocycles. The van der Waals surface area contributed by atoms with Crippen LogP contribution >= 0.6 is 11.3 Å². The summed E-state index contributed by atoms with van der Waals surface area (Å²) in [6.07, 6.45) is 5.01. The average Bonchev–Trinajstić information content (AvgIpc) is 3.87. The number of rotatable bonds is 10. The van der Waals surface area contributed by atoms with Gasteiger partial charge in [-0.1, -0.05) is 19.1 Å². The molecule has 0 amide bonds. The molecule has 3 heterocycles. The molecule has 6 rings (SSSR count). The summed E-state index contributed by atoms with van der Waals surface area (Å²) in [5, 5.41) is 31.4. The molecule has 2 aromatic heterocycles. The summed E-state index contributed by atoms with van der Waals surface area (Å²) in [5.41, 5.74) is 2.45. The molecule has 12 heteroatoms. The molecule has 0 saturated carbocycles. The molecule has 0 spiro atoms. The monoisotopic (exact) mass is 669 g/mol. The molecule has 1 saturated heterocycles. The van der Waals surface area contributed by atoms with Gasteiger partial charge >= 0.3 is 5.97 Å². The third kappa shape index (κ3) is 6.89. The van der Waals surface area contributed by atoms with Gasteiger partial charge in [0.15, 0.2) is 0 Å². The third-order valence-electron chi connectivity index (χ3n) is 8.78. The number of nitrogens with zero attached hydrogens (tertiary/aromatic N) is 5. The van der Waals surface area contributed by atoms with Gasteiger partial charge in [0.25, 0.3) is 6.33 Å². The Bertz CT molecular complexity index is 1970. The lowest BCUT2D eigenvalue weighted by Crippen LogP contribution is -2.39. The van der Waals surface area contributed by atoms with E-state index in [2.05, 4.69) is 16.5 Å². The van der Waals surface area contributed by atoms with Crippen LogP contribution in [0.3, 0.4) is 0 Å². The van der Waals surface area contributed by atoms with Crippen LogP contribution in [-0.4, -0.2) is 38.4 Å². The van der Waals surface area contributed by atoms with Crippen molar-refractivity contribution < 1.29 is 28.0 Å². The fraction of sp³-hybridized carbons (Fsp3) is 0.306. The number of ether oxygens (including phenoxy) is 1. The third-order valence-corrected chi connectivity index (χ3v) is 9.81. The highest BCUT2D eigenvalue weighted by molar-refractivity contribution is 7.10. The van der Waals surface area contributed by atoms with Gasteiger partial charge in [-0.3, -0.25) is 0 Å². The number of carbonyl (C=O) groups excluding carboxylic acids is 1. The van der Waals surface area contributed by atoms with Crippen LogP contribution < -0.4 is 14.6 Å². The smallest absolute Gasteiger partial charge is 0.328 e. The second-order valence-corrected chi connectivity index (χ2v) is 13.2. The first-order chi connectivity index (χ1) is 23.0. The van der Waals surface area contributed by atoms with E-state index in [0.29, 0.717) is 28.6 Å². The average molecular weight is 670 g/mol. The van der Waals surface area contributed by atoms with Crippen LogP contribution in [0.2, 0.25) is 0 Å². The van der Waals surface area contributed by atoms with E-state index in [4.69, 9.17) is 15.0 Å². The lowest BCUT2D eigenvalue weighted by atomic mass is 9.82. The number of halogens is 2. The van der Waals surface area contributed by atoms with E-state index in [0.717, 1.165) is 59.8 Å². The summed E-state index contributed by atoms with van der Waals surface area (Å²) in [7, 11) is 0. The van der Waals surface area contributed by atoms with Crippen molar-refractivity contribution in [2.75, 3.05) is 6.54 Å². The van der Waals surface area contributed by atoms with Crippen LogP contribution in [0.1, 0.15) is 58.5 Å². The Balaban J connectivity index is 1.24. The number of aromatic nitrogens is 4. The maximum Gasteiger partial charge on any atom is 0.328 e. The van der Waals surface area contributed by atoms with Crippen LogP contribution in [0.5, 0.6) is 5.75 Å². The molecule has 0 bridgehead atoms. The highest BCUT2D eigenvalue weighted by Gasteiger charge is 2.43. The predicted molar refractivity (Wildman–Crippen MR) is 175 cm³/mol. The van der Waals surface area contributed by atoms with Gasteiger partial charge < -0.3 is 15.2 Å². The number of aliphatic hydroxyl groups is 1. The second kappa shape index (κ2) is 13.7. The molecular weight excluding hydrogens is 634 g/mol. The molecule has 3 atom stereocenters. The van der Waals surface area contributed by atoms with Crippen LogP contribution in [0, 0.1) is 36.8 Å². The largest absolute Gasteiger partial charge is 0.425 e. The van der Waals surface area contributed by atoms with Gasteiger partial charge in [-0.2, -0.15) is 5.26 Å².